The van der Waals surface area contributed by atoms with Gasteiger partial charge in [-0.3, -0.25) is 0 Å². The minimum atomic E-state index is -0.236. The van der Waals surface area contributed by atoms with Gasteiger partial charge in [-0.05, 0) is 6.92 Å². The molecule has 2 heterocycles. The second-order valence-electron chi connectivity index (χ2n) is 2.58. The Kier molecular flexibility index (Phi) is 2.00. The Morgan fingerprint density at radius 3 is 2.67 bits per heavy atom. The molecule has 1 aromatic heterocycles. The van der Waals surface area contributed by atoms with Crippen LogP contribution in [0.25, 0.3) is 0 Å². The van der Waals surface area contributed by atoms with E-state index < -0.39 is 0 Å². The normalized spacial score (nSPS) is 18.8. The number of ether oxygens (including phenoxy) is 2. The molecule has 0 atom stereocenters. The van der Waals surface area contributed by atoms with Crippen LogP contribution in [0.4, 0.5) is 5.13 Å². The summed E-state index contributed by atoms with van der Waals surface area (Å²) in [5.74, 6) is 0. The van der Waals surface area contributed by atoms with E-state index in [0.29, 0.717) is 18.3 Å². The maximum absolute atomic E-state index is 5.54. The average Bonchev–Trinajstić information content (AvgIpc) is 2.58. The summed E-state index contributed by atoms with van der Waals surface area (Å²) in [6.07, 6.45) is -0.236. The number of rotatable bonds is 1. The van der Waals surface area contributed by atoms with Gasteiger partial charge in [-0.2, -0.15) is 0 Å². The molecule has 0 aromatic carbocycles. The van der Waals surface area contributed by atoms with Gasteiger partial charge in [-0.25, -0.2) is 4.98 Å². The predicted octanol–water partition coefficient (Wildman–Crippen LogP) is 1.08. The van der Waals surface area contributed by atoms with Crippen molar-refractivity contribution in [2.45, 2.75) is 13.2 Å². The zero-order valence-corrected chi connectivity index (χ0v) is 7.56. The monoisotopic (exact) mass is 186 g/mol. The molecule has 4 nitrogen and oxygen atoms in total. The van der Waals surface area contributed by atoms with Crippen LogP contribution in [0.15, 0.2) is 0 Å². The van der Waals surface area contributed by atoms with Crippen LogP contribution in [0.2, 0.25) is 0 Å². The molecule has 1 fully saturated rings. The summed E-state index contributed by atoms with van der Waals surface area (Å²) >= 11 is 1.43. The van der Waals surface area contributed by atoms with E-state index in [1.165, 1.54) is 11.3 Å². The lowest BCUT2D eigenvalue weighted by molar-refractivity contribution is -0.0418. The fourth-order valence-corrected chi connectivity index (χ4v) is 1.99. The summed E-state index contributed by atoms with van der Waals surface area (Å²) in [6, 6.07) is 0. The number of aromatic nitrogens is 1. The fraction of sp³-hybridized carbons (Fsp3) is 0.571. The van der Waals surface area contributed by atoms with Crippen LogP contribution in [0.1, 0.15) is 16.9 Å². The second-order valence-corrected chi connectivity index (χ2v) is 3.64. The SMILES string of the molecule is Cc1nc(N)sc1C1OCCO1. The largest absolute Gasteiger partial charge is 0.375 e. The van der Waals surface area contributed by atoms with E-state index in [0.717, 1.165) is 10.6 Å². The lowest BCUT2D eigenvalue weighted by atomic mass is 10.4. The summed E-state index contributed by atoms with van der Waals surface area (Å²) in [5.41, 5.74) is 6.45. The van der Waals surface area contributed by atoms with Crippen molar-refractivity contribution in [2.75, 3.05) is 18.9 Å². The van der Waals surface area contributed by atoms with E-state index >= 15 is 0 Å². The molecule has 0 saturated carbocycles. The number of nitrogens with zero attached hydrogens (tertiary/aromatic N) is 1. The van der Waals surface area contributed by atoms with Crippen LogP contribution in [-0.4, -0.2) is 18.2 Å². The molecule has 1 aromatic rings. The van der Waals surface area contributed by atoms with Gasteiger partial charge in [0.2, 0.25) is 0 Å². The third-order valence-corrected chi connectivity index (χ3v) is 2.69. The number of nitrogens with two attached hydrogens (primary N) is 1. The molecular formula is C7H10N2O2S. The molecule has 0 aliphatic carbocycles. The number of hydrogen-bond donors (Lipinski definition) is 1. The molecule has 66 valence electrons. The molecule has 1 aliphatic rings. The van der Waals surface area contributed by atoms with Gasteiger partial charge in [0.25, 0.3) is 0 Å². The molecule has 0 unspecified atom stereocenters. The summed E-state index contributed by atoms with van der Waals surface area (Å²) in [4.78, 5) is 5.08. The Bertz CT molecular complexity index is 281. The van der Waals surface area contributed by atoms with Crippen LogP contribution in [0, 0.1) is 6.92 Å². The van der Waals surface area contributed by atoms with E-state index in [1.807, 2.05) is 6.92 Å². The highest BCUT2D eigenvalue weighted by Crippen LogP contribution is 2.31. The Morgan fingerprint density at radius 2 is 2.17 bits per heavy atom. The van der Waals surface area contributed by atoms with E-state index in [9.17, 15) is 0 Å². The van der Waals surface area contributed by atoms with Gasteiger partial charge in [0, 0.05) is 0 Å². The van der Waals surface area contributed by atoms with Crippen LogP contribution in [0.5, 0.6) is 0 Å². The van der Waals surface area contributed by atoms with Crippen molar-refractivity contribution in [2.24, 2.45) is 0 Å². The van der Waals surface area contributed by atoms with Gasteiger partial charge in [-0.1, -0.05) is 11.3 Å². The van der Waals surface area contributed by atoms with Gasteiger partial charge in [0.15, 0.2) is 11.4 Å². The summed E-state index contributed by atoms with van der Waals surface area (Å²) < 4.78 is 10.7. The lowest BCUT2D eigenvalue weighted by Crippen LogP contribution is -1.96. The van der Waals surface area contributed by atoms with Crippen LogP contribution < -0.4 is 5.73 Å². The lowest BCUT2D eigenvalue weighted by Gasteiger charge is -2.05. The summed E-state index contributed by atoms with van der Waals surface area (Å²) in [7, 11) is 0. The van der Waals surface area contributed by atoms with E-state index in [4.69, 9.17) is 15.2 Å². The number of anilines is 1. The number of nitrogen functional groups attached to an aromatic ring is 1. The first kappa shape index (κ1) is 7.97. The second kappa shape index (κ2) is 3.01. The van der Waals surface area contributed by atoms with Crippen LogP contribution in [0.3, 0.4) is 0 Å². The summed E-state index contributed by atoms with van der Waals surface area (Å²) in [6.45, 7) is 3.22. The fourth-order valence-electron chi connectivity index (χ4n) is 1.16. The zero-order chi connectivity index (χ0) is 8.55. The molecule has 1 aliphatic heterocycles. The highest BCUT2D eigenvalue weighted by Gasteiger charge is 2.22. The Morgan fingerprint density at radius 1 is 1.50 bits per heavy atom. The number of hydrogen-bond acceptors (Lipinski definition) is 5. The van der Waals surface area contributed by atoms with Crippen molar-refractivity contribution in [1.82, 2.24) is 4.98 Å². The van der Waals surface area contributed by atoms with E-state index in [2.05, 4.69) is 4.98 Å². The standard InChI is InChI=1S/C7H10N2O2S/c1-4-5(12-7(8)9-4)6-10-2-3-11-6/h6H,2-3H2,1H3,(H2,8,9). The average molecular weight is 186 g/mol. The first-order chi connectivity index (χ1) is 5.77. The summed E-state index contributed by atoms with van der Waals surface area (Å²) in [5, 5.41) is 0.571. The van der Waals surface area contributed by atoms with Crippen molar-refractivity contribution >= 4 is 16.5 Å². The molecule has 2 N–H and O–H groups in total. The van der Waals surface area contributed by atoms with Gasteiger partial charge in [0.05, 0.1) is 23.8 Å². The minimum absolute atomic E-state index is 0.236. The highest BCUT2D eigenvalue weighted by molar-refractivity contribution is 7.15. The highest BCUT2D eigenvalue weighted by atomic mass is 32.1. The topological polar surface area (TPSA) is 57.4 Å². The Hall–Kier alpha value is -0.650. The predicted molar refractivity (Wildman–Crippen MR) is 45.9 cm³/mol. The van der Waals surface area contributed by atoms with Gasteiger partial charge in [-0.15, -0.1) is 0 Å². The van der Waals surface area contributed by atoms with Gasteiger partial charge < -0.3 is 15.2 Å². The molecule has 12 heavy (non-hydrogen) atoms. The maximum Gasteiger partial charge on any atom is 0.195 e. The van der Waals surface area contributed by atoms with Crippen molar-refractivity contribution < 1.29 is 9.47 Å². The Labute approximate surface area is 74.3 Å². The minimum Gasteiger partial charge on any atom is -0.375 e. The molecule has 2 rings (SSSR count). The van der Waals surface area contributed by atoms with Crippen molar-refractivity contribution in [1.29, 1.82) is 0 Å². The molecule has 0 amide bonds. The molecule has 1 saturated heterocycles. The van der Waals surface area contributed by atoms with Crippen LogP contribution in [-0.2, 0) is 9.47 Å². The molecule has 0 spiro atoms. The molecule has 5 heteroatoms. The number of thiazole rings is 1. The van der Waals surface area contributed by atoms with Gasteiger partial charge >= 0.3 is 0 Å². The van der Waals surface area contributed by atoms with Gasteiger partial charge in [0.1, 0.15) is 0 Å². The molecular weight excluding hydrogens is 176 g/mol. The van der Waals surface area contributed by atoms with Crippen molar-refractivity contribution in [3.05, 3.63) is 10.6 Å². The zero-order valence-electron chi connectivity index (χ0n) is 6.74. The molecule has 0 bridgehead atoms. The van der Waals surface area contributed by atoms with E-state index in [1.54, 1.807) is 0 Å². The Balaban J connectivity index is 2.25. The third-order valence-electron chi connectivity index (χ3n) is 1.68. The number of aryl methyl sites for hydroxylation is 1. The van der Waals surface area contributed by atoms with Crippen LogP contribution >= 0.6 is 11.3 Å². The maximum atomic E-state index is 5.54. The van der Waals surface area contributed by atoms with Crippen molar-refractivity contribution in [3.63, 3.8) is 0 Å². The molecule has 0 radical (unpaired) electrons. The smallest absolute Gasteiger partial charge is 0.195 e. The first-order valence-corrected chi connectivity index (χ1v) is 4.55. The quantitative estimate of drug-likeness (QED) is 0.713. The van der Waals surface area contributed by atoms with Crippen molar-refractivity contribution in [3.8, 4) is 0 Å². The van der Waals surface area contributed by atoms with E-state index in [-0.39, 0.29) is 6.29 Å². The first-order valence-electron chi connectivity index (χ1n) is 3.73. The third kappa shape index (κ3) is 1.31.